The Morgan fingerprint density at radius 2 is 1.35 bits per heavy atom. The van der Waals surface area contributed by atoms with E-state index >= 15 is 0 Å². The molecule has 1 aliphatic rings. The molecule has 1 heterocycles. The van der Waals surface area contributed by atoms with Gasteiger partial charge in [-0.15, -0.1) is 0 Å². The number of rotatable bonds is 4. The van der Waals surface area contributed by atoms with Gasteiger partial charge in [-0.2, -0.15) is 4.99 Å². The van der Waals surface area contributed by atoms with Crippen molar-refractivity contribution in [2.45, 2.75) is 12.5 Å². The number of thioether (sulfide) groups is 1. The van der Waals surface area contributed by atoms with Crippen LogP contribution < -0.4 is 0 Å². The summed E-state index contributed by atoms with van der Waals surface area (Å²) in [4.78, 5) is 7.89. The average molecular weight is 445 g/mol. The first-order chi connectivity index (χ1) is 15.0. The lowest BCUT2D eigenvalue weighted by Crippen LogP contribution is -2.39. The van der Waals surface area contributed by atoms with E-state index in [0.717, 1.165) is 31.6 Å². The van der Waals surface area contributed by atoms with Crippen molar-refractivity contribution in [1.82, 2.24) is 4.90 Å². The van der Waals surface area contributed by atoms with Gasteiger partial charge in [-0.05, 0) is 18.1 Å². The van der Waals surface area contributed by atoms with Crippen molar-refractivity contribution in [2.24, 2.45) is 4.99 Å². The fourth-order valence-corrected chi connectivity index (χ4v) is 4.83. The highest BCUT2D eigenvalue weighted by Crippen LogP contribution is 2.43. The summed E-state index contributed by atoms with van der Waals surface area (Å²) in [5.41, 5.74) is 2.41. The maximum Gasteiger partial charge on any atom is 0.231 e. The van der Waals surface area contributed by atoms with Gasteiger partial charge in [0.25, 0.3) is 0 Å². The summed E-state index contributed by atoms with van der Waals surface area (Å²) in [7, 11) is 3.99. The van der Waals surface area contributed by atoms with Crippen LogP contribution in [0.4, 0.5) is 0 Å². The van der Waals surface area contributed by atoms with E-state index in [1.54, 1.807) is 0 Å². The number of hydrogen-bond acceptors (Lipinski definition) is 5. The van der Waals surface area contributed by atoms with Gasteiger partial charge in [0.1, 0.15) is 0 Å². The number of ether oxygens (including phenoxy) is 1. The molecule has 0 spiro atoms. The van der Waals surface area contributed by atoms with Gasteiger partial charge in [-0.3, -0.25) is 0 Å². The Kier molecular flexibility index (Phi) is 6.25. The smallest absolute Gasteiger partial charge is 0.231 e. The maximum atomic E-state index is 6.62. The topological polar surface area (TPSA) is 24.8 Å². The molecule has 31 heavy (non-hydrogen) atoms. The molecule has 0 aliphatic carbocycles. The second kappa shape index (κ2) is 9.08. The monoisotopic (exact) mass is 444 g/mol. The summed E-state index contributed by atoms with van der Waals surface area (Å²) >= 11 is 7.30. The zero-order chi connectivity index (χ0) is 21.8. The molecular formula is C26H24N2OS2. The van der Waals surface area contributed by atoms with Crippen LogP contribution in [-0.2, 0) is 10.3 Å². The number of aliphatic imine (C=N–C) groups is 1. The van der Waals surface area contributed by atoms with Gasteiger partial charge in [0.05, 0.1) is 9.10 Å². The van der Waals surface area contributed by atoms with E-state index in [1.807, 2.05) is 85.7 Å². The van der Waals surface area contributed by atoms with Crippen LogP contribution in [0.15, 0.2) is 102 Å². The third-order valence-electron chi connectivity index (χ3n) is 5.12. The summed E-state index contributed by atoms with van der Waals surface area (Å²) in [6, 6.07) is 30.4. The third kappa shape index (κ3) is 4.43. The molecule has 3 nitrogen and oxygen atoms in total. The predicted octanol–water partition coefficient (Wildman–Crippen LogP) is 6.33. The van der Waals surface area contributed by atoms with Crippen LogP contribution in [0.3, 0.4) is 0 Å². The Balaban J connectivity index is 1.82. The molecule has 1 aliphatic heterocycles. The van der Waals surface area contributed by atoms with E-state index < -0.39 is 5.60 Å². The average Bonchev–Trinajstić information content (AvgIpc) is 3.18. The summed E-state index contributed by atoms with van der Waals surface area (Å²) in [6.45, 7) is 2.07. The lowest BCUT2D eigenvalue weighted by Gasteiger charge is -2.29. The van der Waals surface area contributed by atoms with Crippen molar-refractivity contribution in [3.05, 3.63) is 114 Å². The van der Waals surface area contributed by atoms with E-state index in [4.69, 9.17) is 21.9 Å². The van der Waals surface area contributed by atoms with E-state index in [9.17, 15) is 0 Å². The van der Waals surface area contributed by atoms with E-state index in [-0.39, 0.29) is 0 Å². The predicted molar refractivity (Wildman–Crippen MR) is 135 cm³/mol. The molecule has 0 aromatic heterocycles. The molecule has 0 saturated carbocycles. The molecular weight excluding hydrogens is 420 g/mol. The highest BCUT2D eigenvalue weighted by atomic mass is 32.2. The van der Waals surface area contributed by atoms with Crippen LogP contribution >= 0.6 is 24.0 Å². The van der Waals surface area contributed by atoms with Gasteiger partial charge in [0.15, 0.2) is 11.4 Å². The van der Waals surface area contributed by atoms with Gasteiger partial charge in [0.2, 0.25) is 5.88 Å². The number of amidine groups is 1. The van der Waals surface area contributed by atoms with Gasteiger partial charge in [0, 0.05) is 19.7 Å². The highest BCUT2D eigenvalue weighted by molar-refractivity contribution is 8.29. The molecule has 0 radical (unpaired) electrons. The molecule has 0 fully saturated rings. The van der Waals surface area contributed by atoms with Crippen molar-refractivity contribution in [2.75, 3.05) is 14.1 Å². The molecule has 0 saturated heterocycles. The van der Waals surface area contributed by atoms with Crippen LogP contribution in [0.5, 0.6) is 0 Å². The number of thiocarbonyl (C=S) groups is 1. The molecule has 4 rings (SSSR count). The Hall–Kier alpha value is -2.89. The fourth-order valence-electron chi connectivity index (χ4n) is 3.57. The zero-order valence-corrected chi connectivity index (χ0v) is 19.4. The molecule has 1 unspecified atom stereocenters. The SMILES string of the molecule is CN(C)C1=N/C(=C(/SC(=S)c2ccccc2)c2ccccc2)OC1(C)c1ccccc1. The van der Waals surface area contributed by atoms with E-state index in [1.165, 1.54) is 11.8 Å². The number of hydrogen-bond donors (Lipinski definition) is 0. The highest BCUT2D eigenvalue weighted by Gasteiger charge is 2.43. The Bertz CT molecular complexity index is 1130. The van der Waals surface area contributed by atoms with Crippen molar-refractivity contribution in [1.29, 1.82) is 0 Å². The van der Waals surface area contributed by atoms with Crippen LogP contribution in [0.2, 0.25) is 0 Å². The molecule has 0 N–H and O–H groups in total. The minimum absolute atomic E-state index is 0.588. The Morgan fingerprint density at radius 3 is 1.90 bits per heavy atom. The van der Waals surface area contributed by atoms with Crippen LogP contribution in [-0.4, -0.2) is 29.0 Å². The minimum Gasteiger partial charge on any atom is -0.457 e. The molecule has 1 atom stereocenters. The van der Waals surface area contributed by atoms with E-state index in [0.29, 0.717) is 5.88 Å². The van der Waals surface area contributed by atoms with Gasteiger partial charge in [-0.1, -0.05) is 115 Å². The second-order valence-corrected chi connectivity index (χ2v) is 9.27. The van der Waals surface area contributed by atoms with Crippen molar-refractivity contribution in [3.63, 3.8) is 0 Å². The zero-order valence-electron chi connectivity index (χ0n) is 17.8. The van der Waals surface area contributed by atoms with E-state index in [2.05, 4.69) is 31.2 Å². The summed E-state index contributed by atoms with van der Waals surface area (Å²) in [5.74, 6) is 1.44. The molecule has 156 valence electrons. The number of likely N-dealkylation sites (N-methyl/N-ethyl adjacent to an activating group) is 1. The lowest BCUT2D eigenvalue weighted by molar-refractivity contribution is 0.0898. The molecule has 3 aromatic carbocycles. The Morgan fingerprint density at radius 1 is 0.839 bits per heavy atom. The first kappa shape index (κ1) is 21.3. The first-order valence-corrected chi connectivity index (χ1v) is 11.3. The van der Waals surface area contributed by atoms with Gasteiger partial charge < -0.3 is 9.64 Å². The van der Waals surface area contributed by atoms with Crippen molar-refractivity contribution in [3.8, 4) is 0 Å². The summed E-state index contributed by atoms with van der Waals surface area (Å²) in [5, 5.41) is 0. The van der Waals surface area contributed by atoms with Crippen LogP contribution in [0.1, 0.15) is 23.6 Å². The van der Waals surface area contributed by atoms with Crippen molar-refractivity contribution >= 4 is 38.9 Å². The van der Waals surface area contributed by atoms with Gasteiger partial charge >= 0.3 is 0 Å². The molecule has 3 aromatic rings. The van der Waals surface area contributed by atoms with Gasteiger partial charge in [-0.25, -0.2) is 0 Å². The summed E-state index contributed by atoms with van der Waals surface area (Å²) in [6.07, 6.45) is 0. The number of nitrogens with zero attached hydrogens (tertiary/aromatic N) is 2. The molecule has 5 heteroatoms. The summed E-state index contributed by atoms with van der Waals surface area (Å²) < 4.78 is 7.40. The van der Waals surface area contributed by atoms with Crippen LogP contribution in [0, 0.1) is 0 Å². The normalized spacial score (nSPS) is 19.4. The standard InChI is InChI=1S/C26H24N2OS2/c1-26(21-17-11-6-12-18-21)25(28(2)3)27-23(29-26)22(19-13-7-4-8-14-19)31-24(30)20-15-9-5-10-16-20/h4-18H,1-3H3/b23-22-. The minimum atomic E-state index is -0.685. The fraction of sp³-hybridized carbons (Fsp3) is 0.154. The Labute approximate surface area is 193 Å². The third-order valence-corrected chi connectivity index (χ3v) is 6.64. The molecule has 0 bridgehead atoms. The largest absolute Gasteiger partial charge is 0.457 e. The quantitative estimate of drug-likeness (QED) is 0.439. The van der Waals surface area contributed by atoms with Crippen molar-refractivity contribution < 1.29 is 4.74 Å². The number of benzene rings is 3. The lowest BCUT2D eigenvalue weighted by atomic mass is 9.94. The first-order valence-electron chi connectivity index (χ1n) is 10.1. The molecule has 0 amide bonds. The van der Waals surface area contributed by atoms with Crippen LogP contribution in [0.25, 0.3) is 4.91 Å². The second-order valence-electron chi connectivity index (χ2n) is 7.59. The maximum absolute atomic E-state index is 6.62.